The van der Waals surface area contributed by atoms with Crippen LogP contribution < -0.4 is 4.74 Å². The Bertz CT molecular complexity index is 526. The number of methoxy groups -OCH3 is 1. The van der Waals surface area contributed by atoms with Crippen molar-refractivity contribution in [1.82, 2.24) is 0 Å². The molecule has 0 saturated carbocycles. The maximum Gasteiger partial charge on any atom is 0.122 e. The first-order chi connectivity index (χ1) is 9.26. The number of halogens is 1. The largest absolute Gasteiger partial charge is 0.496 e. The van der Waals surface area contributed by atoms with Crippen LogP contribution in [-0.4, -0.2) is 18.8 Å². The molecule has 0 spiro atoms. The van der Waals surface area contributed by atoms with E-state index in [0.29, 0.717) is 6.42 Å². The lowest BCUT2D eigenvalue weighted by molar-refractivity contribution is 0.280. The van der Waals surface area contributed by atoms with Crippen LogP contribution >= 0.6 is 12.4 Å². The van der Waals surface area contributed by atoms with E-state index in [0.717, 1.165) is 11.3 Å². The van der Waals surface area contributed by atoms with E-state index in [-0.39, 0.29) is 24.9 Å². The number of aliphatic hydroxyl groups is 1. The zero-order chi connectivity index (χ0) is 13.7. The third-order valence-electron chi connectivity index (χ3n) is 3.38. The summed E-state index contributed by atoms with van der Waals surface area (Å²) in [6.07, 6.45) is 0.698. The average molecular weight is 293 g/mol. The quantitative estimate of drug-likeness (QED) is 0.904. The van der Waals surface area contributed by atoms with Crippen molar-refractivity contribution in [3.63, 3.8) is 0 Å². The van der Waals surface area contributed by atoms with E-state index in [2.05, 4.69) is 25.1 Å². The molecule has 2 aromatic carbocycles. The van der Waals surface area contributed by atoms with Gasteiger partial charge in [0.05, 0.1) is 7.11 Å². The summed E-state index contributed by atoms with van der Waals surface area (Å²) in [6.45, 7) is 2.24. The normalized spacial score (nSPS) is 11.6. The van der Waals surface area contributed by atoms with Crippen molar-refractivity contribution in [3.05, 3.63) is 65.2 Å². The number of aryl methyl sites for hydroxylation is 1. The lowest BCUT2D eigenvalue weighted by Crippen LogP contribution is -2.06. The highest BCUT2D eigenvalue weighted by atomic mass is 35.5. The summed E-state index contributed by atoms with van der Waals surface area (Å²) < 4.78 is 5.47. The van der Waals surface area contributed by atoms with Crippen molar-refractivity contribution in [1.29, 1.82) is 0 Å². The van der Waals surface area contributed by atoms with Crippen molar-refractivity contribution < 1.29 is 9.84 Å². The Labute approximate surface area is 126 Å². The van der Waals surface area contributed by atoms with E-state index in [9.17, 15) is 5.11 Å². The molecule has 2 aromatic rings. The lowest BCUT2D eigenvalue weighted by Gasteiger charge is -2.20. The van der Waals surface area contributed by atoms with Crippen LogP contribution in [0.25, 0.3) is 0 Å². The van der Waals surface area contributed by atoms with E-state index < -0.39 is 0 Å². The first-order valence-corrected chi connectivity index (χ1v) is 6.56. The number of hydrogen-bond acceptors (Lipinski definition) is 2. The minimum atomic E-state index is 0. The third-order valence-corrected chi connectivity index (χ3v) is 3.38. The van der Waals surface area contributed by atoms with Crippen molar-refractivity contribution in [3.8, 4) is 5.75 Å². The van der Waals surface area contributed by atoms with Gasteiger partial charge in [-0.15, -0.1) is 12.4 Å². The number of aliphatic hydroxyl groups excluding tert-OH is 1. The van der Waals surface area contributed by atoms with Gasteiger partial charge in [0.2, 0.25) is 0 Å². The molecule has 0 aliphatic heterocycles. The molecule has 0 heterocycles. The molecule has 1 N–H and O–H groups in total. The summed E-state index contributed by atoms with van der Waals surface area (Å²) in [5, 5.41) is 9.35. The van der Waals surface area contributed by atoms with Gasteiger partial charge < -0.3 is 9.84 Å². The predicted octanol–water partition coefficient (Wildman–Crippen LogP) is 3.94. The fourth-order valence-electron chi connectivity index (χ4n) is 2.44. The Balaban J connectivity index is 0.00000200. The van der Waals surface area contributed by atoms with E-state index in [1.807, 2.05) is 30.3 Å². The number of hydrogen-bond donors (Lipinski definition) is 1. The van der Waals surface area contributed by atoms with Crippen LogP contribution in [0, 0.1) is 6.92 Å². The highest BCUT2D eigenvalue weighted by molar-refractivity contribution is 5.85. The second-order valence-electron chi connectivity index (χ2n) is 4.72. The second-order valence-corrected chi connectivity index (χ2v) is 4.72. The standard InChI is InChI=1S/C17H20O2.ClH/c1-13-8-9-17(19-2)16(12-13)15(10-11-18)14-6-4-3-5-7-14;/h3-9,12,15,18H,10-11H2,1-2H3;1H. The van der Waals surface area contributed by atoms with Crippen LogP contribution in [0.3, 0.4) is 0 Å². The fourth-order valence-corrected chi connectivity index (χ4v) is 2.44. The molecular formula is C17H21ClO2. The molecule has 20 heavy (non-hydrogen) atoms. The molecule has 1 atom stereocenters. The second kappa shape index (κ2) is 7.93. The van der Waals surface area contributed by atoms with E-state index in [1.165, 1.54) is 11.1 Å². The summed E-state index contributed by atoms with van der Waals surface area (Å²) in [5.74, 6) is 1.05. The van der Waals surface area contributed by atoms with Crippen molar-refractivity contribution >= 4 is 12.4 Å². The monoisotopic (exact) mass is 292 g/mol. The van der Waals surface area contributed by atoms with Crippen LogP contribution in [0.1, 0.15) is 29.0 Å². The Morgan fingerprint density at radius 3 is 2.40 bits per heavy atom. The number of benzene rings is 2. The molecule has 108 valence electrons. The Morgan fingerprint density at radius 2 is 1.80 bits per heavy atom. The summed E-state index contributed by atoms with van der Waals surface area (Å²) >= 11 is 0. The molecule has 0 bridgehead atoms. The molecule has 2 nitrogen and oxygen atoms in total. The van der Waals surface area contributed by atoms with E-state index in [1.54, 1.807) is 7.11 Å². The summed E-state index contributed by atoms with van der Waals surface area (Å²) in [6, 6.07) is 16.5. The van der Waals surface area contributed by atoms with Gasteiger partial charge in [-0.05, 0) is 25.0 Å². The van der Waals surface area contributed by atoms with Crippen LogP contribution in [0.5, 0.6) is 5.75 Å². The number of rotatable bonds is 5. The maximum absolute atomic E-state index is 9.35. The van der Waals surface area contributed by atoms with Gasteiger partial charge in [0.25, 0.3) is 0 Å². The van der Waals surface area contributed by atoms with E-state index >= 15 is 0 Å². The van der Waals surface area contributed by atoms with Crippen molar-refractivity contribution in [2.75, 3.05) is 13.7 Å². The minimum absolute atomic E-state index is 0. The van der Waals surface area contributed by atoms with Gasteiger partial charge in [0, 0.05) is 18.1 Å². The topological polar surface area (TPSA) is 29.5 Å². The zero-order valence-corrected chi connectivity index (χ0v) is 12.7. The summed E-state index contributed by atoms with van der Waals surface area (Å²) in [5.41, 5.74) is 3.55. The SMILES string of the molecule is COc1ccc(C)cc1C(CCO)c1ccccc1.Cl. The first kappa shape index (κ1) is 16.5. The van der Waals surface area contributed by atoms with Gasteiger partial charge >= 0.3 is 0 Å². The molecule has 0 saturated heterocycles. The van der Waals surface area contributed by atoms with Crippen LogP contribution in [-0.2, 0) is 0 Å². The fraction of sp³-hybridized carbons (Fsp3) is 0.294. The summed E-state index contributed by atoms with van der Waals surface area (Å²) in [7, 11) is 1.69. The molecule has 3 heteroatoms. The van der Waals surface area contributed by atoms with Crippen molar-refractivity contribution in [2.24, 2.45) is 0 Å². The van der Waals surface area contributed by atoms with Gasteiger partial charge in [-0.3, -0.25) is 0 Å². The van der Waals surface area contributed by atoms with Gasteiger partial charge in [0.1, 0.15) is 5.75 Å². The molecule has 0 radical (unpaired) electrons. The molecule has 0 fully saturated rings. The van der Waals surface area contributed by atoms with Gasteiger partial charge in [0.15, 0.2) is 0 Å². The minimum Gasteiger partial charge on any atom is -0.496 e. The molecule has 0 aromatic heterocycles. The highest BCUT2D eigenvalue weighted by Crippen LogP contribution is 2.34. The average Bonchev–Trinajstić information content (AvgIpc) is 2.45. The summed E-state index contributed by atoms with van der Waals surface area (Å²) in [4.78, 5) is 0. The molecule has 2 rings (SSSR count). The highest BCUT2D eigenvalue weighted by Gasteiger charge is 2.17. The first-order valence-electron chi connectivity index (χ1n) is 6.56. The lowest BCUT2D eigenvalue weighted by atomic mass is 9.87. The number of ether oxygens (including phenoxy) is 1. The molecular weight excluding hydrogens is 272 g/mol. The van der Waals surface area contributed by atoms with Crippen LogP contribution in [0.2, 0.25) is 0 Å². The molecule has 0 aliphatic carbocycles. The smallest absolute Gasteiger partial charge is 0.122 e. The molecule has 0 aliphatic rings. The van der Waals surface area contributed by atoms with Gasteiger partial charge in [-0.25, -0.2) is 0 Å². The van der Waals surface area contributed by atoms with E-state index in [4.69, 9.17) is 4.74 Å². The zero-order valence-electron chi connectivity index (χ0n) is 11.9. The Kier molecular flexibility index (Phi) is 6.56. The van der Waals surface area contributed by atoms with Gasteiger partial charge in [-0.2, -0.15) is 0 Å². The maximum atomic E-state index is 9.35. The Morgan fingerprint density at radius 1 is 1.10 bits per heavy atom. The van der Waals surface area contributed by atoms with Crippen molar-refractivity contribution in [2.45, 2.75) is 19.3 Å². The van der Waals surface area contributed by atoms with Crippen LogP contribution in [0.15, 0.2) is 48.5 Å². The van der Waals surface area contributed by atoms with Gasteiger partial charge in [-0.1, -0.05) is 48.0 Å². The Hall–Kier alpha value is -1.51. The third kappa shape index (κ3) is 3.75. The molecule has 0 amide bonds. The van der Waals surface area contributed by atoms with Crippen LogP contribution in [0.4, 0.5) is 0 Å². The molecule has 1 unspecified atom stereocenters. The predicted molar refractivity (Wildman–Crippen MR) is 85.0 cm³/mol.